The van der Waals surface area contributed by atoms with E-state index in [0.717, 1.165) is 31.6 Å². The maximum absolute atomic E-state index is 12.6. The maximum atomic E-state index is 12.6. The first-order valence-electron chi connectivity index (χ1n) is 8.93. The Morgan fingerprint density at radius 2 is 1.84 bits per heavy atom. The number of nitrogens with one attached hydrogen (secondary N) is 1. The number of amides is 1. The van der Waals surface area contributed by atoms with E-state index in [9.17, 15) is 4.79 Å². The quantitative estimate of drug-likeness (QED) is 0.736. The highest BCUT2D eigenvalue weighted by molar-refractivity contribution is 6.04. The Morgan fingerprint density at radius 3 is 2.52 bits per heavy atom. The summed E-state index contributed by atoms with van der Waals surface area (Å²) in [6.45, 7) is 8.70. The van der Waals surface area contributed by atoms with Crippen LogP contribution in [0.4, 0.5) is 11.4 Å². The summed E-state index contributed by atoms with van der Waals surface area (Å²) in [5.41, 5.74) is 2.09. The van der Waals surface area contributed by atoms with Crippen LogP contribution < -0.4 is 15.0 Å². The Kier molecular flexibility index (Phi) is 7.26. The monoisotopic (exact) mass is 341 g/mol. The molecule has 0 aliphatic carbocycles. The fourth-order valence-corrected chi connectivity index (χ4v) is 2.69. The predicted molar refractivity (Wildman–Crippen MR) is 103 cm³/mol. The van der Waals surface area contributed by atoms with Crippen molar-refractivity contribution in [1.82, 2.24) is 4.98 Å². The molecule has 0 saturated carbocycles. The maximum Gasteiger partial charge on any atom is 0.274 e. The summed E-state index contributed by atoms with van der Waals surface area (Å²) in [4.78, 5) is 19.1. The number of pyridine rings is 1. The Hall–Kier alpha value is -2.56. The second kappa shape index (κ2) is 9.67. The number of benzene rings is 1. The molecule has 5 heteroatoms. The lowest BCUT2D eigenvalue weighted by molar-refractivity contribution is 0.102. The molecule has 0 spiro atoms. The van der Waals surface area contributed by atoms with Crippen molar-refractivity contribution in [2.24, 2.45) is 0 Å². The molecule has 25 heavy (non-hydrogen) atoms. The minimum absolute atomic E-state index is 0.234. The summed E-state index contributed by atoms with van der Waals surface area (Å²) < 4.78 is 5.56. The van der Waals surface area contributed by atoms with Crippen molar-refractivity contribution < 1.29 is 9.53 Å². The molecule has 0 radical (unpaired) electrons. The third kappa shape index (κ3) is 5.21. The van der Waals surface area contributed by atoms with Crippen molar-refractivity contribution in [2.75, 3.05) is 29.9 Å². The molecule has 0 aliphatic rings. The van der Waals surface area contributed by atoms with E-state index in [-0.39, 0.29) is 5.91 Å². The molecular weight excluding hydrogens is 314 g/mol. The molecule has 1 heterocycles. The molecule has 0 saturated heterocycles. The summed E-state index contributed by atoms with van der Waals surface area (Å²) in [5.74, 6) is 0.426. The summed E-state index contributed by atoms with van der Waals surface area (Å²) in [5, 5.41) is 2.90. The molecule has 1 N–H and O–H groups in total. The standard InChI is InChI=1S/C20H27N3O2/c1-4-13-23(14-5-2)16-11-12-21-18(15-16)20(24)22-17-9-7-8-10-19(17)25-6-3/h7-12,15H,4-6,13-14H2,1-3H3,(H,22,24). The van der Waals surface area contributed by atoms with Gasteiger partial charge in [0.2, 0.25) is 0 Å². The molecule has 0 unspecified atom stereocenters. The van der Waals surface area contributed by atoms with Crippen molar-refractivity contribution in [2.45, 2.75) is 33.6 Å². The van der Waals surface area contributed by atoms with Gasteiger partial charge in [0.05, 0.1) is 12.3 Å². The highest BCUT2D eigenvalue weighted by Crippen LogP contribution is 2.24. The number of aromatic nitrogens is 1. The smallest absolute Gasteiger partial charge is 0.274 e. The van der Waals surface area contributed by atoms with E-state index in [2.05, 4.69) is 29.0 Å². The number of hydrogen-bond acceptors (Lipinski definition) is 4. The lowest BCUT2D eigenvalue weighted by Crippen LogP contribution is -2.25. The molecule has 1 amide bonds. The molecule has 1 aromatic heterocycles. The number of carbonyl (C=O) groups is 1. The van der Waals surface area contributed by atoms with Gasteiger partial charge in [0, 0.05) is 25.0 Å². The molecule has 0 aliphatic heterocycles. The number of nitrogens with zero attached hydrogens (tertiary/aromatic N) is 2. The van der Waals surface area contributed by atoms with Crippen molar-refractivity contribution in [1.29, 1.82) is 0 Å². The summed E-state index contributed by atoms with van der Waals surface area (Å²) in [6, 6.07) is 11.2. The van der Waals surface area contributed by atoms with Gasteiger partial charge in [-0.15, -0.1) is 0 Å². The van der Waals surface area contributed by atoms with Gasteiger partial charge in [-0.2, -0.15) is 0 Å². The van der Waals surface area contributed by atoms with Crippen molar-refractivity contribution in [3.63, 3.8) is 0 Å². The molecule has 134 valence electrons. The van der Waals surface area contributed by atoms with Crippen LogP contribution in [0.2, 0.25) is 0 Å². The second-order valence-electron chi connectivity index (χ2n) is 5.77. The molecule has 1 aromatic carbocycles. The Bertz CT molecular complexity index is 682. The van der Waals surface area contributed by atoms with E-state index in [1.165, 1.54) is 0 Å². The van der Waals surface area contributed by atoms with Gasteiger partial charge in [-0.3, -0.25) is 9.78 Å². The van der Waals surface area contributed by atoms with Crippen molar-refractivity contribution in [3.8, 4) is 5.75 Å². The topological polar surface area (TPSA) is 54.5 Å². The van der Waals surface area contributed by atoms with Gasteiger partial charge in [0.15, 0.2) is 0 Å². The molecule has 0 fully saturated rings. The Labute approximate surface area is 150 Å². The fraction of sp³-hybridized carbons (Fsp3) is 0.400. The number of anilines is 2. The van der Waals surface area contributed by atoms with Crippen LogP contribution in [-0.4, -0.2) is 30.6 Å². The van der Waals surface area contributed by atoms with Gasteiger partial charge in [-0.25, -0.2) is 0 Å². The van der Waals surface area contributed by atoms with E-state index >= 15 is 0 Å². The van der Waals surface area contributed by atoms with Crippen LogP contribution in [0, 0.1) is 0 Å². The van der Waals surface area contributed by atoms with Crippen LogP contribution in [0.3, 0.4) is 0 Å². The summed E-state index contributed by atoms with van der Waals surface area (Å²) >= 11 is 0. The van der Waals surface area contributed by atoms with Crippen LogP contribution >= 0.6 is 0 Å². The zero-order chi connectivity index (χ0) is 18.1. The largest absolute Gasteiger partial charge is 0.492 e. The highest BCUT2D eigenvalue weighted by Gasteiger charge is 2.13. The minimum atomic E-state index is -0.234. The van der Waals surface area contributed by atoms with Gasteiger partial charge in [-0.1, -0.05) is 26.0 Å². The SMILES string of the molecule is CCCN(CCC)c1ccnc(C(=O)Nc2ccccc2OCC)c1. The van der Waals surface area contributed by atoms with E-state index in [4.69, 9.17) is 4.74 Å². The van der Waals surface area contributed by atoms with Crippen molar-refractivity contribution in [3.05, 3.63) is 48.3 Å². The highest BCUT2D eigenvalue weighted by atomic mass is 16.5. The third-order valence-electron chi connectivity index (χ3n) is 3.76. The molecule has 2 rings (SSSR count). The third-order valence-corrected chi connectivity index (χ3v) is 3.76. The zero-order valence-corrected chi connectivity index (χ0v) is 15.3. The van der Waals surface area contributed by atoms with Crippen LogP contribution in [0.15, 0.2) is 42.6 Å². The second-order valence-corrected chi connectivity index (χ2v) is 5.77. The van der Waals surface area contributed by atoms with Crippen molar-refractivity contribution >= 4 is 17.3 Å². The average Bonchev–Trinajstić information content (AvgIpc) is 2.63. The van der Waals surface area contributed by atoms with E-state index in [0.29, 0.717) is 23.7 Å². The molecule has 0 atom stereocenters. The zero-order valence-electron chi connectivity index (χ0n) is 15.3. The van der Waals surface area contributed by atoms with E-state index in [1.807, 2.05) is 43.3 Å². The number of carbonyl (C=O) groups excluding carboxylic acids is 1. The van der Waals surface area contributed by atoms with E-state index in [1.54, 1.807) is 6.20 Å². The normalized spacial score (nSPS) is 10.4. The number of rotatable bonds is 9. The van der Waals surface area contributed by atoms with Gasteiger partial charge in [0.1, 0.15) is 11.4 Å². The van der Waals surface area contributed by atoms with Crippen LogP contribution in [-0.2, 0) is 0 Å². The van der Waals surface area contributed by atoms with Crippen LogP contribution in [0.5, 0.6) is 5.75 Å². The molecule has 5 nitrogen and oxygen atoms in total. The number of ether oxygens (including phenoxy) is 1. The van der Waals surface area contributed by atoms with Gasteiger partial charge < -0.3 is 15.0 Å². The van der Waals surface area contributed by atoms with E-state index < -0.39 is 0 Å². The van der Waals surface area contributed by atoms with Crippen LogP contribution in [0.25, 0.3) is 0 Å². The average molecular weight is 341 g/mol. The number of para-hydroxylation sites is 2. The lowest BCUT2D eigenvalue weighted by Gasteiger charge is -2.24. The van der Waals surface area contributed by atoms with Gasteiger partial charge in [-0.05, 0) is 44.0 Å². The van der Waals surface area contributed by atoms with Crippen LogP contribution in [0.1, 0.15) is 44.1 Å². The number of hydrogen-bond donors (Lipinski definition) is 1. The minimum Gasteiger partial charge on any atom is -0.492 e. The Morgan fingerprint density at radius 1 is 1.12 bits per heavy atom. The fourth-order valence-electron chi connectivity index (χ4n) is 2.69. The summed E-state index contributed by atoms with van der Waals surface area (Å²) in [7, 11) is 0. The first-order valence-corrected chi connectivity index (χ1v) is 8.93. The van der Waals surface area contributed by atoms with Gasteiger partial charge in [0.25, 0.3) is 5.91 Å². The summed E-state index contributed by atoms with van der Waals surface area (Å²) in [6.07, 6.45) is 3.81. The molecule has 2 aromatic rings. The first kappa shape index (κ1) is 18.8. The Balaban J connectivity index is 2.18. The lowest BCUT2D eigenvalue weighted by atomic mass is 10.2. The molecule has 0 bridgehead atoms. The van der Waals surface area contributed by atoms with Gasteiger partial charge >= 0.3 is 0 Å². The first-order chi connectivity index (χ1) is 12.2. The predicted octanol–water partition coefficient (Wildman–Crippen LogP) is 4.36. The molecular formula is C20H27N3O2.